The lowest BCUT2D eigenvalue weighted by Gasteiger charge is -2.31. The summed E-state index contributed by atoms with van der Waals surface area (Å²) >= 11 is 0. The number of nitrogens with one attached hydrogen (secondary N) is 1. The number of rotatable bonds is 5. The van der Waals surface area contributed by atoms with Crippen LogP contribution >= 0.6 is 0 Å². The minimum atomic E-state index is -4.86. The number of hydrogen-bond donors (Lipinski definition) is 1. The topological polar surface area (TPSA) is 52.7 Å². The number of benzene rings is 1. The molecular weight excluding hydrogens is 347 g/mol. The van der Waals surface area contributed by atoms with Gasteiger partial charge < -0.3 is 15.1 Å². The molecule has 1 aliphatic rings. The van der Waals surface area contributed by atoms with Crippen LogP contribution in [0.15, 0.2) is 24.3 Å². The number of hydrogen-bond acceptors (Lipinski definition) is 3. The van der Waals surface area contributed by atoms with Gasteiger partial charge in [-0.25, -0.2) is 0 Å². The van der Waals surface area contributed by atoms with Gasteiger partial charge in [0.25, 0.3) is 0 Å². The van der Waals surface area contributed by atoms with Crippen LogP contribution in [0, 0.1) is 5.92 Å². The monoisotopic (exact) mass is 371 g/mol. The van der Waals surface area contributed by atoms with Crippen molar-refractivity contribution in [3.8, 4) is 0 Å². The van der Waals surface area contributed by atoms with Crippen molar-refractivity contribution in [3.63, 3.8) is 0 Å². The first-order chi connectivity index (χ1) is 12.3. The molecule has 8 heteroatoms. The molecule has 5 nitrogen and oxygen atoms in total. The van der Waals surface area contributed by atoms with Crippen molar-refractivity contribution >= 4 is 23.2 Å². The van der Waals surface area contributed by atoms with Gasteiger partial charge in [0.05, 0.1) is 0 Å². The Morgan fingerprint density at radius 2 is 1.65 bits per heavy atom. The van der Waals surface area contributed by atoms with E-state index in [-0.39, 0.29) is 31.8 Å². The molecule has 1 aromatic rings. The van der Waals surface area contributed by atoms with E-state index in [2.05, 4.69) is 24.1 Å². The lowest BCUT2D eigenvalue weighted by atomic mass is 9.95. The summed E-state index contributed by atoms with van der Waals surface area (Å²) < 4.78 is 37.3. The SMILES string of the molecule is CCN(CC)c1ccc(NC(=O)C2CCN(C(=O)C(F)(F)F)CC2)cc1. The van der Waals surface area contributed by atoms with E-state index in [1.54, 1.807) is 0 Å². The zero-order valence-electron chi connectivity index (χ0n) is 15.0. The van der Waals surface area contributed by atoms with Gasteiger partial charge in [0.15, 0.2) is 0 Å². The Hall–Kier alpha value is -2.25. The van der Waals surface area contributed by atoms with Gasteiger partial charge in [-0.2, -0.15) is 13.2 Å². The number of nitrogens with zero attached hydrogens (tertiary/aromatic N) is 2. The summed E-state index contributed by atoms with van der Waals surface area (Å²) in [5, 5.41) is 2.80. The van der Waals surface area contributed by atoms with Crippen molar-refractivity contribution in [2.45, 2.75) is 32.9 Å². The van der Waals surface area contributed by atoms with Gasteiger partial charge in [0.2, 0.25) is 5.91 Å². The molecule has 0 saturated carbocycles. The normalized spacial score (nSPS) is 15.7. The Balaban J connectivity index is 1.88. The van der Waals surface area contributed by atoms with E-state index in [9.17, 15) is 22.8 Å². The highest BCUT2D eigenvalue weighted by molar-refractivity contribution is 5.93. The minimum Gasteiger partial charge on any atom is -0.372 e. The van der Waals surface area contributed by atoms with Crippen LogP contribution in [0.25, 0.3) is 0 Å². The van der Waals surface area contributed by atoms with Crippen LogP contribution in [0.4, 0.5) is 24.5 Å². The highest BCUT2D eigenvalue weighted by Crippen LogP contribution is 2.25. The number of halogens is 3. The number of carbonyl (C=O) groups is 2. The van der Waals surface area contributed by atoms with Crippen LogP contribution in [0.5, 0.6) is 0 Å². The molecule has 1 N–H and O–H groups in total. The third-order valence-electron chi connectivity index (χ3n) is 4.66. The molecule has 2 rings (SSSR count). The number of amides is 2. The summed E-state index contributed by atoms with van der Waals surface area (Å²) in [7, 11) is 0. The highest BCUT2D eigenvalue weighted by Gasteiger charge is 2.43. The first kappa shape index (κ1) is 20.1. The summed E-state index contributed by atoms with van der Waals surface area (Å²) in [6.45, 7) is 5.79. The van der Waals surface area contributed by atoms with Crippen LogP contribution < -0.4 is 10.2 Å². The van der Waals surface area contributed by atoms with Gasteiger partial charge in [-0.15, -0.1) is 0 Å². The summed E-state index contributed by atoms with van der Waals surface area (Å²) in [6.07, 6.45) is -4.40. The molecule has 0 aliphatic carbocycles. The fraction of sp³-hybridized carbons (Fsp3) is 0.556. The van der Waals surface area contributed by atoms with Gasteiger partial charge in [-0.1, -0.05) is 0 Å². The van der Waals surface area contributed by atoms with Crippen molar-refractivity contribution in [2.75, 3.05) is 36.4 Å². The molecule has 0 radical (unpaired) electrons. The predicted octanol–water partition coefficient (Wildman–Crippen LogP) is 3.27. The molecule has 1 aliphatic heterocycles. The average molecular weight is 371 g/mol. The number of carbonyl (C=O) groups excluding carboxylic acids is 2. The van der Waals surface area contributed by atoms with Gasteiger partial charge >= 0.3 is 12.1 Å². The number of likely N-dealkylation sites (tertiary alicyclic amines) is 1. The zero-order valence-corrected chi connectivity index (χ0v) is 15.0. The number of piperidine rings is 1. The van der Waals surface area contributed by atoms with E-state index < -0.39 is 18.0 Å². The van der Waals surface area contributed by atoms with Crippen molar-refractivity contribution < 1.29 is 22.8 Å². The smallest absolute Gasteiger partial charge is 0.372 e. The van der Waals surface area contributed by atoms with E-state index in [0.29, 0.717) is 5.69 Å². The molecule has 1 aromatic carbocycles. The third kappa shape index (κ3) is 4.89. The lowest BCUT2D eigenvalue weighted by Crippen LogP contribution is -2.46. The Morgan fingerprint density at radius 3 is 2.12 bits per heavy atom. The van der Waals surface area contributed by atoms with Crippen LogP contribution in [-0.4, -0.2) is 49.1 Å². The third-order valence-corrected chi connectivity index (χ3v) is 4.66. The quantitative estimate of drug-likeness (QED) is 0.864. The maximum Gasteiger partial charge on any atom is 0.471 e. The zero-order chi connectivity index (χ0) is 19.3. The van der Waals surface area contributed by atoms with E-state index in [1.165, 1.54) is 0 Å². The summed E-state index contributed by atoms with van der Waals surface area (Å²) in [5.41, 5.74) is 1.71. The van der Waals surface area contributed by atoms with Crippen molar-refractivity contribution in [1.29, 1.82) is 0 Å². The predicted molar refractivity (Wildman–Crippen MR) is 94.0 cm³/mol. The molecule has 1 fully saturated rings. The molecule has 1 heterocycles. The Morgan fingerprint density at radius 1 is 1.12 bits per heavy atom. The molecule has 144 valence electrons. The average Bonchev–Trinajstić information content (AvgIpc) is 2.63. The van der Waals surface area contributed by atoms with E-state index in [1.807, 2.05) is 24.3 Å². The highest BCUT2D eigenvalue weighted by atomic mass is 19.4. The lowest BCUT2D eigenvalue weighted by molar-refractivity contribution is -0.186. The van der Waals surface area contributed by atoms with E-state index in [0.717, 1.165) is 23.7 Å². The first-order valence-electron chi connectivity index (χ1n) is 8.78. The number of anilines is 2. The molecule has 0 unspecified atom stereocenters. The molecule has 26 heavy (non-hydrogen) atoms. The maximum atomic E-state index is 12.4. The molecular formula is C18H24F3N3O2. The second-order valence-corrected chi connectivity index (χ2v) is 6.27. The molecule has 0 bridgehead atoms. The van der Waals surface area contributed by atoms with E-state index in [4.69, 9.17) is 0 Å². The minimum absolute atomic E-state index is 0.0582. The molecule has 0 aromatic heterocycles. The van der Waals surface area contributed by atoms with Gasteiger partial charge in [0, 0.05) is 43.5 Å². The second kappa shape index (κ2) is 8.42. The van der Waals surface area contributed by atoms with Gasteiger partial charge in [-0.05, 0) is 51.0 Å². The molecule has 0 spiro atoms. The Labute approximate surface area is 151 Å². The summed E-state index contributed by atoms with van der Waals surface area (Å²) in [5.74, 6) is -2.45. The molecule has 1 saturated heterocycles. The van der Waals surface area contributed by atoms with E-state index >= 15 is 0 Å². The summed E-state index contributed by atoms with van der Waals surface area (Å²) in [6, 6.07) is 7.47. The molecule has 0 atom stereocenters. The van der Waals surface area contributed by atoms with Gasteiger partial charge in [0.1, 0.15) is 0 Å². The van der Waals surface area contributed by atoms with Crippen molar-refractivity contribution in [3.05, 3.63) is 24.3 Å². The van der Waals surface area contributed by atoms with Crippen LogP contribution in [0.3, 0.4) is 0 Å². The summed E-state index contributed by atoms with van der Waals surface area (Å²) in [4.78, 5) is 26.5. The number of alkyl halides is 3. The van der Waals surface area contributed by atoms with Crippen molar-refractivity contribution in [2.24, 2.45) is 5.92 Å². The van der Waals surface area contributed by atoms with Crippen LogP contribution in [0.1, 0.15) is 26.7 Å². The molecule has 2 amide bonds. The van der Waals surface area contributed by atoms with Crippen LogP contribution in [-0.2, 0) is 9.59 Å². The first-order valence-corrected chi connectivity index (χ1v) is 8.78. The largest absolute Gasteiger partial charge is 0.471 e. The van der Waals surface area contributed by atoms with Gasteiger partial charge in [-0.3, -0.25) is 9.59 Å². The standard InChI is InChI=1S/C18H24F3N3O2/c1-3-23(4-2)15-7-5-14(6-8-15)22-16(25)13-9-11-24(12-10-13)17(26)18(19,20)21/h5-8,13H,3-4,9-12H2,1-2H3,(H,22,25). The Kier molecular flexibility index (Phi) is 6.50. The van der Waals surface area contributed by atoms with Crippen molar-refractivity contribution in [1.82, 2.24) is 4.90 Å². The fourth-order valence-corrected chi connectivity index (χ4v) is 3.11. The van der Waals surface area contributed by atoms with Crippen LogP contribution in [0.2, 0.25) is 0 Å². The Bertz CT molecular complexity index is 620. The maximum absolute atomic E-state index is 12.4. The second-order valence-electron chi connectivity index (χ2n) is 6.27. The fourth-order valence-electron chi connectivity index (χ4n) is 3.11.